The van der Waals surface area contributed by atoms with E-state index >= 15 is 0 Å². The minimum atomic E-state index is -1.14. The Morgan fingerprint density at radius 1 is 1.14 bits per heavy atom. The summed E-state index contributed by atoms with van der Waals surface area (Å²) in [5, 5.41) is 18.6. The van der Waals surface area contributed by atoms with E-state index in [1.54, 1.807) is 30.3 Å². The highest BCUT2D eigenvalue weighted by molar-refractivity contribution is 5.81. The number of nitrogens with zero attached hydrogens (tertiary/aromatic N) is 2. The van der Waals surface area contributed by atoms with Crippen LogP contribution < -0.4 is 5.56 Å². The van der Waals surface area contributed by atoms with Crippen molar-refractivity contribution in [2.24, 2.45) is 0 Å². The molecule has 0 spiro atoms. The first-order chi connectivity index (χ1) is 10.6. The van der Waals surface area contributed by atoms with Crippen molar-refractivity contribution in [3.63, 3.8) is 0 Å². The highest BCUT2D eigenvalue weighted by Crippen LogP contribution is 2.21. The summed E-state index contributed by atoms with van der Waals surface area (Å²) in [5.41, 5.74) is 1.01. The molecule has 6 nitrogen and oxygen atoms in total. The molecule has 0 radical (unpaired) electrons. The third-order valence-electron chi connectivity index (χ3n) is 3.27. The molecule has 3 aromatic rings. The van der Waals surface area contributed by atoms with Gasteiger partial charge in [-0.3, -0.25) is 14.2 Å². The van der Waals surface area contributed by atoms with Crippen molar-refractivity contribution in [2.45, 2.75) is 6.54 Å². The minimum absolute atomic E-state index is 0.0553. The van der Waals surface area contributed by atoms with Gasteiger partial charge in [-0.15, -0.1) is 0 Å². The van der Waals surface area contributed by atoms with Crippen molar-refractivity contribution in [3.8, 4) is 17.0 Å². The number of carbonyl (C=O) groups is 1. The molecule has 0 aliphatic carbocycles. The Hall–Kier alpha value is -3.15. The zero-order valence-electron chi connectivity index (χ0n) is 11.4. The summed E-state index contributed by atoms with van der Waals surface area (Å²) < 4.78 is 1.10. The fraction of sp³-hybridized carbons (Fsp3) is 0.0625. The molecule has 3 rings (SSSR count). The van der Waals surface area contributed by atoms with Crippen LogP contribution in [0.25, 0.3) is 22.3 Å². The second kappa shape index (κ2) is 5.33. The maximum absolute atomic E-state index is 12.6. The van der Waals surface area contributed by atoms with Gasteiger partial charge < -0.3 is 10.2 Å². The Balaban J connectivity index is 2.36. The van der Waals surface area contributed by atoms with Crippen LogP contribution in [0.2, 0.25) is 0 Å². The number of benzene rings is 2. The van der Waals surface area contributed by atoms with Crippen LogP contribution in [-0.4, -0.2) is 25.7 Å². The number of phenols is 1. The summed E-state index contributed by atoms with van der Waals surface area (Å²) in [5.74, 6) is -1.20. The number of carboxylic acid groups (broad SMARTS) is 1. The minimum Gasteiger partial charge on any atom is -0.508 e. The topological polar surface area (TPSA) is 92.4 Å². The van der Waals surface area contributed by atoms with Gasteiger partial charge in [0.05, 0.1) is 11.0 Å². The molecule has 0 saturated carbocycles. The van der Waals surface area contributed by atoms with Crippen LogP contribution in [0.3, 0.4) is 0 Å². The van der Waals surface area contributed by atoms with Crippen LogP contribution in [0, 0.1) is 0 Å². The average molecular weight is 296 g/mol. The number of hydrogen-bond acceptors (Lipinski definition) is 4. The summed E-state index contributed by atoms with van der Waals surface area (Å²) in [6, 6.07) is 13.2. The third kappa shape index (κ3) is 2.42. The van der Waals surface area contributed by atoms with Gasteiger partial charge in [0.1, 0.15) is 18.0 Å². The van der Waals surface area contributed by atoms with E-state index in [2.05, 4.69) is 4.98 Å². The molecule has 0 bridgehead atoms. The summed E-state index contributed by atoms with van der Waals surface area (Å²) in [6.45, 7) is -0.499. The van der Waals surface area contributed by atoms with Gasteiger partial charge in [0.15, 0.2) is 0 Å². The summed E-state index contributed by atoms with van der Waals surface area (Å²) >= 11 is 0. The predicted octanol–water partition coefficient (Wildman–Crippen LogP) is 1.85. The Kier molecular flexibility index (Phi) is 3.34. The van der Waals surface area contributed by atoms with Crippen molar-refractivity contribution in [2.75, 3.05) is 0 Å². The van der Waals surface area contributed by atoms with E-state index in [-0.39, 0.29) is 17.0 Å². The van der Waals surface area contributed by atoms with Crippen LogP contribution in [0.4, 0.5) is 0 Å². The number of aromatic hydroxyl groups is 1. The molecule has 2 aromatic carbocycles. The van der Waals surface area contributed by atoms with Crippen molar-refractivity contribution in [3.05, 3.63) is 58.9 Å². The fourth-order valence-electron chi connectivity index (χ4n) is 2.30. The molecular formula is C16H12N2O4. The van der Waals surface area contributed by atoms with E-state index in [1.807, 2.05) is 6.07 Å². The van der Waals surface area contributed by atoms with Crippen LogP contribution >= 0.6 is 0 Å². The molecule has 1 aromatic heterocycles. The highest BCUT2D eigenvalue weighted by atomic mass is 16.4. The van der Waals surface area contributed by atoms with Gasteiger partial charge >= 0.3 is 5.97 Å². The molecule has 22 heavy (non-hydrogen) atoms. The van der Waals surface area contributed by atoms with Crippen LogP contribution in [0.15, 0.2) is 53.3 Å². The van der Waals surface area contributed by atoms with E-state index in [0.29, 0.717) is 11.1 Å². The Morgan fingerprint density at radius 2 is 1.86 bits per heavy atom. The Morgan fingerprint density at radius 3 is 2.55 bits per heavy atom. The molecule has 110 valence electrons. The Bertz CT molecular complexity index is 917. The number of phenolic OH excluding ortho intramolecular Hbond substituents is 1. The quantitative estimate of drug-likeness (QED) is 0.769. The van der Waals surface area contributed by atoms with Gasteiger partial charge in [0, 0.05) is 11.6 Å². The summed E-state index contributed by atoms with van der Waals surface area (Å²) in [7, 11) is 0. The second-order valence-corrected chi connectivity index (χ2v) is 4.78. The molecule has 0 amide bonds. The first-order valence-electron chi connectivity index (χ1n) is 6.57. The van der Waals surface area contributed by atoms with Crippen LogP contribution in [-0.2, 0) is 11.3 Å². The number of fused-ring (bicyclic) bond motifs is 1. The second-order valence-electron chi connectivity index (χ2n) is 4.78. The molecule has 0 aliphatic heterocycles. The molecular weight excluding hydrogens is 284 g/mol. The van der Waals surface area contributed by atoms with E-state index in [4.69, 9.17) is 5.11 Å². The highest BCUT2D eigenvalue weighted by Gasteiger charge is 2.15. The first kappa shape index (κ1) is 13.8. The lowest BCUT2D eigenvalue weighted by Crippen LogP contribution is -2.26. The van der Waals surface area contributed by atoms with Gasteiger partial charge in [-0.05, 0) is 12.1 Å². The molecule has 0 saturated heterocycles. The average Bonchev–Trinajstić information content (AvgIpc) is 2.51. The third-order valence-corrected chi connectivity index (χ3v) is 3.27. The molecule has 0 atom stereocenters. The molecule has 2 N–H and O–H groups in total. The zero-order valence-corrected chi connectivity index (χ0v) is 11.4. The molecule has 0 fully saturated rings. The predicted molar refractivity (Wildman–Crippen MR) is 80.7 cm³/mol. The van der Waals surface area contributed by atoms with Gasteiger partial charge in [0.2, 0.25) is 0 Å². The number of carboxylic acids is 1. The van der Waals surface area contributed by atoms with Crippen molar-refractivity contribution >= 4 is 17.0 Å². The van der Waals surface area contributed by atoms with E-state index in [9.17, 15) is 14.7 Å². The number of hydrogen-bond donors (Lipinski definition) is 2. The maximum Gasteiger partial charge on any atom is 0.323 e. The SMILES string of the molecule is O=C(O)Cn1c(=O)c(-c2ccccc2)nc2ccc(O)cc21. The molecule has 1 heterocycles. The molecule has 0 aliphatic rings. The monoisotopic (exact) mass is 296 g/mol. The van der Waals surface area contributed by atoms with Crippen LogP contribution in [0.5, 0.6) is 5.75 Å². The number of aliphatic carboxylic acids is 1. The fourth-order valence-corrected chi connectivity index (χ4v) is 2.30. The van der Waals surface area contributed by atoms with Gasteiger partial charge in [-0.25, -0.2) is 4.98 Å². The maximum atomic E-state index is 12.6. The van der Waals surface area contributed by atoms with Crippen molar-refractivity contribution in [1.29, 1.82) is 0 Å². The standard InChI is InChI=1S/C16H12N2O4/c19-11-6-7-12-13(8-11)18(9-14(20)21)16(22)15(17-12)10-4-2-1-3-5-10/h1-8,19H,9H2,(H,20,21). The number of rotatable bonds is 3. The van der Waals surface area contributed by atoms with Crippen LogP contribution in [0.1, 0.15) is 0 Å². The lowest BCUT2D eigenvalue weighted by molar-refractivity contribution is -0.137. The van der Waals surface area contributed by atoms with Crippen molar-refractivity contribution in [1.82, 2.24) is 9.55 Å². The number of aromatic nitrogens is 2. The Labute approximate surface area is 124 Å². The first-order valence-corrected chi connectivity index (χ1v) is 6.57. The van der Waals surface area contributed by atoms with Gasteiger partial charge in [-0.2, -0.15) is 0 Å². The molecule has 0 unspecified atom stereocenters. The largest absolute Gasteiger partial charge is 0.508 e. The van der Waals surface area contributed by atoms with Gasteiger partial charge in [-0.1, -0.05) is 30.3 Å². The van der Waals surface area contributed by atoms with Gasteiger partial charge in [0.25, 0.3) is 5.56 Å². The zero-order chi connectivity index (χ0) is 15.7. The van der Waals surface area contributed by atoms with E-state index in [1.165, 1.54) is 12.1 Å². The molecule has 6 heteroatoms. The normalized spacial score (nSPS) is 10.7. The lowest BCUT2D eigenvalue weighted by Gasteiger charge is -2.11. The van der Waals surface area contributed by atoms with E-state index < -0.39 is 18.1 Å². The smallest absolute Gasteiger partial charge is 0.323 e. The summed E-state index contributed by atoms with van der Waals surface area (Å²) in [4.78, 5) is 28.0. The van der Waals surface area contributed by atoms with E-state index in [0.717, 1.165) is 4.57 Å². The lowest BCUT2D eigenvalue weighted by atomic mass is 10.1. The summed E-state index contributed by atoms with van der Waals surface area (Å²) in [6.07, 6.45) is 0. The van der Waals surface area contributed by atoms with Crippen molar-refractivity contribution < 1.29 is 15.0 Å².